The van der Waals surface area contributed by atoms with Gasteiger partial charge in [0, 0.05) is 19.5 Å². The molecule has 0 radical (unpaired) electrons. The van der Waals surface area contributed by atoms with Crippen LogP contribution in [0, 0.1) is 0 Å². The van der Waals surface area contributed by atoms with Crippen LogP contribution in [0.4, 0.5) is 0 Å². The predicted molar refractivity (Wildman–Crippen MR) is 102 cm³/mol. The first-order valence-corrected chi connectivity index (χ1v) is 9.36. The monoisotopic (exact) mass is 339 g/mol. The molecule has 2 aromatic carbocycles. The van der Waals surface area contributed by atoms with Gasteiger partial charge in [-0.05, 0) is 36.5 Å². The Morgan fingerprint density at radius 1 is 0.920 bits per heavy atom. The third-order valence-electron chi connectivity index (χ3n) is 5.19. The van der Waals surface area contributed by atoms with Crippen molar-refractivity contribution in [1.82, 2.24) is 4.90 Å². The smallest absolute Gasteiger partial charge is 0.136 e. The molecular formula is C22H29NO2. The number of aliphatic hydroxyl groups is 2. The molecule has 3 heteroatoms. The Morgan fingerprint density at radius 2 is 1.52 bits per heavy atom. The highest BCUT2D eigenvalue weighted by atomic mass is 16.4. The topological polar surface area (TPSA) is 43.7 Å². The van der Waals surface area contributed by atoms with Gasteiger partial charge in [-0.1, -0.05) is 67.4 Å². The molecule has 1 saturated heterocycles. The molecule has 2 atom stereocenters. The van der Waals surface area contributed by atoms with E-state index in [2.05, 4.69) is 18.2 Å². The molecule has 0 spiro atoms. The zero-order chi connectivity index (χ0) is 17.7. The summed E-state index contributed by atoms with van der Waals surface area (Å²) < 4.78 is 0. The Hall–Kier alpha value is -1.68. The quantitative estimate of drug-likeness (QED) is 0.870. The first-order chi connectivity index (χ1) is 12.1. The SMILES string of the molecule is CC(O)(Cc1ccccc1-c1ccccc1)C(O)N1CCCCCC1. The second kappa shape index (κ2) is 8.13. The lowest BCUT2D eigenvalue weighted by atomic mass is 9.89. The van der Waals surface area contributed by atoms with Crippen molar-refractivity contribution in [1.29, 1.82) is 0 Å². The van der Waals surface area contributed by atoms with Gasteiger partial charge < -0.3 is 10.2 Å². The molecule has 1 aliphatic rings. The highest BCUT2D eigenvalue weighted by Gasteiger charge is 2.35. The van der Waals surface area contributed by atoms with Crippen LogP contribution in [0.2, 0.25) is 0 Å². The Kier molecular flexibility index (Phi) is 5.89. The molecule has 0 amide bonds. The van der Waals surface area contributed by atoms with Gasteiger partial charge in [0.25, 0.3) is 0 Å². The minimum atomic E-state index is -1.19. The molecule has 1 heterocycles. The van der Waals surface area contributed by atoms with Crippen LogP contribution in [0.15, 0.2) is 54.6 Å². The van der Waals surface area contributed by atoms with Gasteiger partial charge in [0.15, 0.2) is 0 Å². The summed E-state index contributed by atoms with van der Waals surface area (Å²) in [6.07, 6.45) is 4.19. The minimum Gasteiger partial charge on any atom is -0.386 e. The lowest BCUT2D eigenvalue weighted by Gasteiger charge is -2.37. The first-order valence-electron chi connectivity index (χ1n) is 9.36. The van der Waals surface area contributed by atoms with Gasteiger partial charge in [-0.25, -0.2) is 0 Å². The Bertz CT molecular complexity index is 661. The maximum absolute atomic E-state index is 11.1. The van der Waals surface area contributed by atoms with Crippen LogP contribution in [0.5, 0.6) is 0 Å². The predicted octanol–water partition coefficient (Wildman–Crippen LogP) is 3.84. The molecule has 1 aliphatic heterocycles. The molecule has 0 aromatic heterocycles. The number of aliphatic hydroxyl groups excluding tert-OH is 1. The van der Waals surface area contributed by atoms with Crippen LogP contribution in [0.1, 0.15) is 38.2 Å². The van der Waals surface area contributed by atoms with E-state index in [9.17, 15) is 10.2 Å². The standard InChI is InChI=1S/C22H29NO2/c1-22(25,21(24)23-15-9-2-3-10-16-23)17-19-13-7-8-14-20(19)18-11-5-4-6-12-18/h4-8,11-14,21,24-25H,2-3,9-10,15-17H2,1H3. The highest BCUT2D eigenvalue weighted by Crippen LogP contribution is 2.29. The van der Waals surface area contributed by atoms with Crippen molar-refractivity contribution in [3.05, 3.63) is 60.2 Å². The van der Waals surface area contributed by atoms with Gasteiger partial charge in [0.05, 0.1) is 0 Å². The van der Waals surface area contributed by atoms with E-state index in [1.54, 1.807) is 6.92 Å². The Labute approximate surface area is 150 Å². The van der Waals surface area contributed by atoms with Crippen molar-refractivity contribution in [2.75, 3.05) is 13.1 Å². The van der Waals surface area contributed by atoms with Crippen molar-refractivity contribution in [2.24, 2.45) is 0 Å². The van der Waals surface area contributed by atoms with Crippen molar-refractivity contribution >= 4 is 0 Å². The molecular weight excluding hydrogens is 310 g/mol. The van der Waals surface area contributed by atoms with Crippen LogP contribution in [-0.2, 0) is 6.42 Å². The molecule has 2 unspecified atom stereocenters. The number of likely N-dealkylation sites (tertiary alicyclic amines) is 1. The van der Waals surface area contributed by atoms with Gasteiger partial charge in [0.2, 0.25) is 0 Å². The third-order valence-corrected chi connectivity index (χ3v) is 5.19. The summed E-state index contributed by atoms with van der Waals surface area (Å²) >= 11 is 0. The molecule has 134 valence electrons. The van der Waals surface area contributed by atoms with Crippen LogP contribution in [-0.4, -0.2) is 40.0 Å². The molecule has 0 aliphatic carbocycles. The summed E-state index contributed by atoms with van der Waals surface area (Å²) in [4.78, 5) is 2.04. The fourth-order valence-electron chi connectivity index (χ4n) is 3.78. The van der Waals surface area contributed by atoms with E-state index in [0.29, 0.717) is 6.42 Å². The molecule has 3 nitrogen and oxygen atoms in total. The molecule has 2 N–H and O–H groups in total. The van der Waals surface area contributed by atoms with E-state index in [1.807, 2.05) is 41.3 Å². The van der Waals surface area contributed by atoms with E-state index in [0.717, 1.165) is 42.6 Å². The maximum atomic E-state index is 11.1. The first kappa shape index (κ1) is 18.1. The number of rotatable bonds is 5. The zero-order valence-corrected chi connectivity index (χ0v) is 15.1. The Balaban J connectivity index is 1.81. The molecule has 0 bridgehead atoms. The summed E-state index contributed by atoms with van der Waals surface area (Å²) in [6.45, 7) is 3.47. The van der Waals surface area contributed by atoms with Gasteiger partial charge in [0.1, 0.15) is 11.8 Å². The van der Waals surface area contributed by atoms with Crippen LogP contribution in [0.3, 0.4) is 0 Å². The molecule has 1 fully saturated rings. The van der Waals surface area contributed by atoms with Gasteiger partial charge in [-0.2, -0.15) is 0 Å². The highest BCUT2D eigenvalue weighted by molar-refractivity contribution is 5.67. The normalized spacial score (nSPS) is 19.8. The average Bonchev–Trinajstić information content (AvgIpc) is 2.91. The number of benzene rings is 2. The van der Waals surface area contributed by atoms with E-state index >= 15 is 0 Å². The van der Waals surface area contributed by atoms with E-state index in [1.165, 1.54) is 12.8 Å². The number of hydrogen-bond acceptors (Lipinski definition) is 3. The summed E-state index contributed by atoms with van der Waals surface area (Å²) in [5, 5.41) is 21.9. The van der Waals surface area contributed by atoms with Crippen molar-refractivity contribution in [2.45, 2.75) is 50.9 Å². The number of hydrogen-bond donors (Lipinski definition) is 2. The van der Waals surface area contributed by atoms with E-state index in [-0.39, 0.29) is 0 Å². The van der Waals surface area contributed by atoms with Gasteiger partial charge in [-0.3, -0.25) is 4.90 Å². The fraction of sp³-hybridized carbons (Fsp3) is 0.455. The summed E-state index contributed by atoms with van der Waals surface area (Å²) in [6, 6.07) is 18.4. The van der Waals surface area contributed by atoms with E-state index in [4.69, 9.17) is 0 Å². The van der Waals surface area contributed by atoms with Crippen molar-refractivity contribution in [3.8, 4) is 11.1 Å². The fourth-order valence-corrected chi connectivity index (χ4v) is 3.78. The molecule has 0 saturated carbocycles. The zero-order valence-electron chi connectivity index (χ0n) is 15.1. The van der Waals surface area contributed by atoms with Crippen LogP contribution >= 0.6 is 0 Å². The Morgan fingerprint density at radius 3 is 2.20 bits per heavy atom. The summed E-state index contributed by atoms with van der Waals surface area (Å²) in [5.74, 6) is 0. The van der Waals surface area contributed by atoms with E-state index < -0.39 is 11.8 Å². The van der Waals surface area contributed by atoms with Crippen LogP contribution < -0.4 is 0 Å². The maximum Gasteiger partial charge on any atom is 0.136 e. The average molecular weight is 339 g/mol. The third kappa shape index (κ3) is 4.49. The lowest BCUT2D eigenvalue weighted by molar-refractivity contribution is -0.139. The summed E-state index contributed by atoms with van der Waals surface area (Å²) in [5.41, 5.74) is 2.13. The van der Waals surface area contributed by atoms with Gasteiger partial charge >= 0.3 is 0 Å². The minimum absolute atomic E-state index is 0.426. The molecule has 2 aromatic rings. The molecule has 3 rings (SSSR count). The van der Waals surface area contributed by atoms with Crippen molar-refractivity contribution < 1.29 is 10.2 Å². The van der Waals surface area contributed by atoms with Crippen molar-refractivity contribution in [3.63, 3.8) is 0 Å². The van der Waals surface area contributed by atoms with Crippen LogP contribution in [0.25, 0.3) is 11.1 Å². The second-order valence-electron chi connectivity index (χ2n) is 7.38. The lowest BCUT2D eigenvalue weighted by Crippen LogP contribution is -2.52. The second-order valence-corrected chi connectivity index (χ2v) is 7.38. The van der Waals surface area contributed by atoms with Gasteiger partial charge in [-0.15, -0.1) is 0 Å². The number of nitrogens with zero attached hydrogens (tertiary/aromatic N) is 1. The largest absolute Gasteiger partial charge is 0.386 e. The molecule has 25 heavy (non-hydrogen) atoms. The summed E-state index contributed by atoms with van der Waals surface area (Å²) in [7, 11) is 0.